The Morgan fingerprint density at radius 3 is 3.08 bits per heavy atom. The number of rotatable bonds is 3. The lowest BCUT2D eigenvalue weighted by Gasteiger charge is -2.31. The van der Waals surface area contributed by atoms with Crippen LogP contribution in [0.25, 0.3) is 11.3 Å². The van der Waals surface area contributed by atoms with Crippen molar-refractivity contribution >= 4 is 5.91 Å². The first-order valence-electron chi connectivity index (χ1n) is 8.30. The molecule has 0 aliphatic carbocycles. The largest absolute Gasteiger partial charge is 0.348 e. The van der Waals surface area contributed by atoms with E-state index < -0.39 is 0 Å². The van der Waals surface area contributed by atoms with Gasteiger partial charge in [-0.15, -0.1) is 0 Å². The molecular weight excluding hydrogens is 321 g/mol. The minimum Gasteiger partial charge on any atom is -0.348 e. The lowest BCUT2D eigenvalue weighted by Crippen LogP contribution is -2.39. The summed E-state index contributed by atoms with van der Waals surface area (Å²) >= 11 is 0. The predicted molar refractivity (Wildman–Crippen MR) is 90.4 cm³/mol. The molecule has 1 aliphatic heterocycles. The molecule has 4 rings (SSSR count). The van der Waals surface area contributed by atoms with Crippen molar-refractivity contribution in [2.24, 2.45) is 0 Å². The van der Waals surface area contributed by atoms with Crippen LogP contribution in [-0.2, 0) is 0 Å². The molecule has 0 bridgehead atoms. The lowest BCUT2D eigenvalue weighted by atomic mass is 9.96. The molecule has 3 heterocycles. The molecular formula is C18H18FN5O. The zero-order valence-electron chi connectivity index (χ0n) is 13.6. The summed E-state index contributed by atoms with van der Waals surface area (Å²) in [5.41, 5.74) is 1.62. The Morgan fingerprint density at radius 1 is 1.36 bits per heavy atom. The van der Waals surface area contributed by atoms with E-state index in [9.17, 15) is 9.18 Å². The van der Waals surface area contributed by atoms with Crippen LogP contribution in [0, 0.1) is 5.82 Å². The quantitative estimate of drug-likeness (QED) is 0.770. The van der Waals surface area contributed by atoms with Crippen molar-refractivity contribution in [3.63, 3.8) is 0 Å². The summed E-state index contributed by atoms with van der Waals surface area (Å²) in [6.07, 6.45) is 6.96. The molecule has 1 aromatic carbocycles. The van der Waals surface area contributed by atoms with Crippen LogP contribution in [0.3, 0.4) is 0 Å². The lowest BCUT2D eigenvalue weighted by molar-refractivity contribution is 0.0705. The van der Waals surface area contributed by atoms with E-state index in [2.05, 4.69) is 20.2 Å². The highest BCUT2D eigenvalue weighted by atomic mass is 19.1. The molecule has 25 heavy (non-hydrogen) atoms. The van der Waals surface area contributed by atoms with Crippen LogP contribution in [0.5, 0.6) is 0 Å². The second-order valence-electron chi connectivity index (χ2n) is 6.23. The average Bonchev–Trinajstić information content (AvgIpc) is 3.33. The van der Waals surface area contributed by atoms with Gasteiger partial charge in [-0.25, -0.2) is 9.37 Å². The second-order valence-corrected chi connectivity index (χ2v) is 6.23. The van der Waals surface area contributed by atoms with E-state index in [0.717, 1.165) is 18.7 Å². The number of hydrogen-bond acceptors (Lipinski definition) is 3. The SMILES string of the molecule is O=C(c1cn[nH]c1-c1cccc(F)c1)N1CCC[C@H](c2ncc[nH]2)C1. The molecule has 128 valence electrons. The third-order valence-electron chi connectivity index (χ3n) is 4.60. The van der Waals surface area contributed by atoms with Gasteiger partial charge >= 0.3 is 0 Å². The van der Waals surface area contributed by atoms with Gasteiger partial charge in [-0.1, -0.05) is 12.1 Å². The summed E-state index contributed by atoms with van der Waals surface area (Å²) in [5, 5.41) is 6.82. The summed E-state index contributed by atoms with van der Waals surface area (Å²) in [7, 11) is 0. The molecule has 0 spiro atoms. The van der Waals surface area contributed by atoms with E-state index >= 15 is 0 Å². The summed E-state index contributed by atoms with van der Waals surface area (Å²) in [4.78, 5) is 22.3. The highest BCUT2D eigenvalue weighted by molar-refractivity contribution is 5.99. The van der Waals surface area contributed by atoms with Crippen molar-refractivity contribution in [1.82, 2.24) is 25.1 Å². The number of nitrogens with one attached hydrogen (secondary N) is 2. The Labute approximate surface area is 144 Å². The number of nitrogens with zero attached hydrogens (tertiary/aromatic N) is 3. The number of aromatic nitrogens is 4. The maximum Gasteiger partial charge on any atom is 0.257 e. The number of imidazole rings is 1. The van der Waals surface area contributed by atoms with Crippen molar-refractivity contribution in [2.45, 2.75) is 18.8 Å². The first-order valence-corrected chi connectivity index (χ1v) is 8.30. The number of amides is 1. The smallest absolute Gasteiger partial charge is 0.257 e. The van der Waals surface area contributed by atoms with Gasteiger partial charge in [0, 0.05) is 37.0 Å². The molecule has 2 aromatic heterocycles. The molecule has 2 N–H and O–H groups in total. The van der Waals surface area contributed by atoms with Crippen LogP contribution in [0.1, 0.15) is 34.9 Å². The third kappa shape index (κ3) is 3.05. The van der Waals surface area contributed by atoms with Gasteiger partial charge in [0.1, 0.15) is 11.6 Å². The zero-order chi connectivity index (χ0) is 17.2. The summed E-state index contributed by atoms with van der Waals surface area (Å²) < 4.78 is 13.5. The van der Waals surface area contributed by atoms with Crippen molar-refractivity contribution in [2.75, 3.05) is 13.1 Å². The number of aromatic amines is 2. The minimum absolute atomic E-state index is 0.0933. The van der Waals surface area contributed by atoms with Crippen molar-refractivity contribution in [1.29, 1.82) is 0 Å². The molecule has 1 atom stereocenters. The Balaban J connectivity index is 1.58. The number of carbonyl (C=O) groups is 1. The van der Waals surface area contributed by atoms with E-state index in [1.807, 2.05) is 4.90 Å². The van der Waals surface area contributed by atoms with Crippen molar-refractivity contribution < 1.29 is 9.18 Å². The van der Waals surface area contributed by atoms with Crippen molar-refractivity contribution in [3.8, 4) is 11.3 Å². The molecule has 3 aromatic rings. The van der Waals surface area contributed by atoms with E-state index in [0.29, 0.717) is 29.9 Å². The average molecular weight is 339 g/mol. The van der Waals surface area contributed by atoms with Gasteiger partial charge in [-0.3, -0.25) is 9.89 Å². The van der Waals surface area contributed by atoms with Crippen LogP contribution < -0.4 is 0 Å². The van der Waals surface area contributed by atoms with E-state index in [-0.39, 0.29) is 17.6 Å². The molecule has 1 amide bonds. The number of benzene rings is 1. The van der Waals surface area contributed by atoms with Gasteiger partial charge in [-0.05, 0) is 25.0 Å². The Kier molecular flexibility index (Phi) is 4.05. The van der Waals surface area contributed by atoms with Crippen LogP contribution >= 0.6 is 0 Å². The Hall–Kier alpha value is -2.96. The first kappa shape index (κ1) is 15.6. The predicted octanol–water partition coefficient (Wildman–Crippen LogP) is 2.96. The molecule has 0 unspecified atom stereocenters. The molecule has 7 heteroatoms. The number of piperidine rings is 1. The fourth-order valence-electron chi connectivity index (χ4n) is 3.37. The Morgan fingerprint density at radius 2 is 2.28 bits per heavy atom. The van der Waals surface area contributed by atoms with Crippen LogP contribution in [0.4, 0.5) is 4.39 Å². The van der Waals surface area contributed by atoms with E-state index in [1.54, 1.807) is 24.5 Å². The number of likely N-dealkylation sites (tertiary alicyclic amines) is 1. The normalized spacial score (nSPS) is 17.6. The number of H-pyrrole nitrogens is 2. The molecule has 0 saturated carbocycles. The summed E-state index contributed by atoms with van der Waals surface area (Å²) in [6, 6.07) is 6.15. The number of carbonyl (C=O) groups excluding carboxylic acids is 1. The highest BCUT2D eigenvalue weighted by Crippen LogP contribution is 2.28. The van der Waals surface area contributed by atoms with E-state index in [1.165, 1.54) is 18.3 Å². The molecule has 1 fully saturated rings. The van der Waals surface area contributed by atoms with Gasteiger partial charge in [0.2, 0.25) is 0 Å². The minimum atomic E-state index is -0.346. The van der Waals surface area contributed by atoms with E-state index in [4.69, 9.17) is 0 Å². The molecule has 1 saturated heterocycles. The highest BCUT2D eigenvalue weighted by Gasteiger charge is 2.28. The fourth-order valence-corrected chi connectivity index (χ4v) is 3.37. The first-order chi connectivity index (χ1) is 12.2. The van der Waals surface area contributed by atoms with Crippen LogP contribution in [-0.4, -0.2) is 44.1 Å². The number of halogens is 1. The number of hydrogen-bond donors (Lipinski definition) is 2. The second kappa shape index (κ2) is 6.51. The van der Waals surface area contributed by atoms with Gasteiger partial charge in [-0.2, -0.15) is 5.10 Å². The van der Waals surface area contributed by atoms with Crippen LogP contribution in [0.2, 0.25) is 0 Å². The van der Waals surface area contributed by atoms with Gasteiger partial charge in [0.25, 0.3) is 5.91 Å². The third-order valence-corrected chi connectivity index (χ3v) is 4.60. The Bertz CT molecular complexity index is 873. The molecule has 0 radical (unpaired) electrons. The van der Waals surface area contributed by atoms with Crippen molar-refractivity contribution in [3.05, 3.63) is 60.1 Å². The topological polar surface area (TPSA) is 77.7 Å². The maximum atomic E-state index is 13.5. The van der Waals surface area contributed by atoms with Gasteiger partial charge in [0.15, 0.2) is 0 Å². The fraction of sp³-hybridized carbons (Fsp3) is 0.278. The van der Waals surface area contributed by atoms with Gasteiger partial charge in [0.05, 0.1) is 17.5 Å². The molecule has 1 aliphatic rings. The van der Waals surface area contributed by atoms with Crippen LogP contribution in [0.15, 0.2) is 42.9 Å². The summed E-state index contributed by atoms with van der Waals surface area (Å²) in [6.45, 7) is 1.31. The maximum absolute atomic E-state index is 13.5. The standard InChI is InChI=1S/C18H18FN5O/c19-14-5-1-3-12(9-14)16-15(10-22-23-16)18(25)24-8-2-4-13(11-24)17-20-6-7-21-17/h1,3,5-7,9-10,13H,2,4,8,11H2,(H,20,21)(H,22,23)/t13-/m0/s1. The molecule has 6 nitrogen and oxygen atoms in total. The zero-order valence-corrected chi connectivity index (χ0v) is 13.6. The van der Waals surface area contributed by atoms with Gasteiger partial charge < -0.3 is 9.88 Å². The monoisotopic (exact) mass is 339 g/mol. The summed E-state index contributed by atoms with van der Waals surface area (Å²) in [5.74, 6) is 0.679.